The maximum Gasteiger partial charge on any atom is 0.351 e. The number of halogens is 1. The summed E-state index contributed by atoms with van der Waals surface area (Å²) in [6.45, 7) is 0. The van der Waals surface area contributed by atoms with Crippen LogP contribution in [-0.2, 0) is 0 Å². The molecule has 0 radical (unpaired) electrons. The number of fused-ring (bicyclic) bond motifs is 1. The molecule has 1 heterocycles. The number of hydrogen-bond donors (Lipinski definition) is 1. The normalized spacial score (nSPS) is 10.6. The van der Waals surface area contributed by atoms with Crippen LogP contribution in [0.15, 0.2) is 57.7 Å². The van der Waals surface area contributed by atoms with E-state index < -0.39 is 11.6 Å². The van der Waals surface area contributed by atoms with Crippen molar-refractivity contribution in [2.24, 2.45) is 0 Å². The summed E-state index contributed by atoms with van der Waals surface area (Å²) < 4.78 is 11.8. The largest absolute Gasteiger partial charge is 0.477 e. The number of rotatable bonds is 3. The van der Waals surface area contributed by atoms with Crippen LogP contribution in [0.5, 0.6) is 11.5 Å². The number of carbonyl (C=O) groups is 1. The molecule has 0 aliphatic rings. The molecule has 1 N–H and O–H groups in total. The molecular weight excluding hydrogens is 399 g/mol. The van der Waals surface area contributed by atoms with E-state index in [0.29, 0.717) is 16.9 Å². The van der Waals surface area contributed by atoms with Gasteiger partial charge < -0.3 is 14.3 Å². The summed E-state index contributed by atoms with van der Waals surface area (Å²) in [6, 6.07) is 13.7. The van der Waals surface area contributed by atoms with E-state index in [1.807, 2.05) is 24.3 Å². The van der Waals surface area contributed by atoms with E-state index in [-0.39, 0.29) is 11.1 Å². The van der Waals surface area contributed by atoms with Gasteiger partial charge in [-0.15, -0.1) is 0 Å². The van der Waals surface area contributed by atoms with Crippen LogP contribution in [0.4, 0.5) is 0 Å². The highest BCUT2D eigenvalue weighted by Crippen LogP contribution is 2.26. The predicted molar refractivity (Wildman–Crippen MR) is 88.7 cm³/mol. The van der Waals surface area contributed by atoms with Crippen molar-refractivity contribution in [3.63, 3.8) is 0 Å². The Morgan fingerprint density at radius 3 is 2.41 bits per heavy atom. The Bertz CT molecular complexity index is 912. The van der Waals surface area contributed by atoms with Crippen LogP contribution in [0.2, 0.25) is 0 Å². The van der Waals surface area contributed by atoms with Crippen LogP contribution in [0.1, 0.15) is 10.4 Å². The summed E-state index contributed by atoms with van der Waals surface area (Å²) in [6.07, 6.45) is 0. The Morgan fingerprint density at radius 2 is 1.73 bits per heavy atom. The topological polar surface area (TPSA) is 76.7 Å². The van der Waals surface area contributed by atoms with Crippen LogP contribution < -0.4 is 10.4 Å². The average molecular weight is 408 g/mol. The van der Waals surface area contributed by atoms with Crippen molar-refractivity contribution in [1.82, 2.24) is 0 Å². The standard InChI is InChI=1S/C16H9IO5/c17-10-2-5-11(6-3-10)21-12-4-1-9-7-13(15(18)19)16(20)22-14(9)8-12/h1-8H,(H,18,19). The fraction of sp³-hybridized carbons (Fsp3) is 0. The molecule has 0 bridgehead atoms. The smallest absolute Gasteiger partial charge is 0.351 e. The fourth-order valence-corrected chi connectivity index (χ4v) is 2.30. The maximum absolute atomic E-state index is 11.6. The molecule has 3 aromatic rings. The van der Waals surface area contributed by atoms with Crippen LogP contribution >= 0.6 is 22.6 Å². The molecule has 110 valence electrons. The minimum absolute atomic E-state index is 0.276. The first kappa shape index (κ1) is 14.6. The quantitative estimate of drug-likeness (QED) is 0.526. The van der Waals surface area contributed by atoms with E-state index in [1.54, 1.807) is 18.2 Å². The molecule has 5 nitrogen and oxygen atoms in total. The van der Waals surface area contributed by atoms with Crippen molar-refractivity contribution < 1.29 is 19.1 Å². The van der Waals surface area contributed by atoms with Gasteiger partial charge in [-0.3, -0.25) is 0 Å². The van der Waals surface area contributed by atoms with Gasteiger partial charge in [0.1, 0.15) is 22.6 Å². The molecule has 0 spiro atoms. The van der Waals surface area contributed by atoms with Crippen molar-refractivity contribution in [3.8, 4) is 11.5 Å². The molecule has 1 aromatic heterocycles. The number of hydrogen-bond acceptors (Lipinski definition) is 4. The molecule has 3 rings (SSSR count). The fourth-order valence-electron chi connectivity index (χ4n) is 1.94. The van der Waals surface area contributed by atoms with E-state index in [1.165, 1.54) is 6.07 Å². The third-order valence-electron chi connectivity index (χ3n) is 2.99. The summed E-state index contributed by atoms with van der Waals surface area (Å²) in [5, 5.41) is 9.43. The Labute approximate surface area is 138 Å². The Hall–Kier alpha value is -2.35. The van der Waals surface area contributed by atoms with E-state index in [0.717, 1.165) is 3.57 Å². The van der Waals surface area contributed by atoms with Gasteiger partial charge >= 0.3 is 11.6 Å². The zero-order chi connectivity index (χ0) is 15.7. The van der Waals surface area contributed by atoms with E-state index in [9.17, 15) is 9.59 Å². The molecule has 22 heavy (non-hydrogen) atoms. The summed E-state index contributed by atoms with van der Waals surface area (Å²) >= 11 is 2.20. The molecule has 0 unspecified atom stereocenters. The number of carboxylic acids is 1. The average Bonchev–Trinajstić information content (AvgIpc) is 2.48. The molecular formula is C16H9IO5. The Morgan fingerprint density at radius 1 is 1.05 bits per heavy atom. The number of benzene rings is 2. The van der Waals surface area contributed by atoms with Gasteiger partial charge in [0.2, 0.25) is 0 Å². The van der Waals surface area contributed by atoms with Gasteiger partial charge in [-0.1, -0.05) is 0 Å². The predicted octanol–water partition coefficient (Wildman–Crippen LogP) is 3.89. The van der Waals surface area contributed by atoms with Crippen molar-refractivity contribution in [2.75, 3.05) is 0 Å². The Balaban J connectivity index is 1.99. The zero-order valence-corrected chi connectivity index (χ0v) is 13.2. The maximum atomic E-state index is 11.6. The molecule has 0 amide bonds. The van der Waals surface area contributed by atoms with Crippen LogP contribution in [-0.4, -0.2) is 11.1 Å². The molecule has 2 aromatic carbocycles. The first-order valence-electron chi connectivity index (χ1n) is 6.27. The van der Waals surface area contributed by atoms with Gasteiger partial charge in [0.15, 0.2) is 0 Å². The molecule has 0 aliphatic carbocycles. The highest BCUT2D eigenvalue weighted by molar-refractivity contribution is 14.1. The minimum atomic E-state index is -1.31. The third-order valence-corrected chi connectivity index (χ3v) is 3.71. The SMILES string of the molecule is O=C(O)c1cc2ccc(Oc3ccc(I)cc3)cc2oc1=O. The van der Waals surface area contributed by atoms with E-state index >= 15 is 0 Å². The third kappa shape index (κ3) is 2.96. The van der Waals surface area contributed by atoms with Gasteiger partial charge in [0, 0.05) is 15.0 Å². The lowest BCUT2D eigenvalue weighted by Crippen LogP contribution is -2.12. The lowest BCUT2D eigenvalue weighted by atomic mass is 10.2. The highest BCUT2D eigenvalue weighted by Gasteiger charge is 2.12. The highest BCUT2D eigenvalue weighted by atomic mass is 127. The zero-order valence-electron chi connectivity index (χ0n) is 11.1. The lowest BCUT2D eigenvalue weighted by molar-refractivity contribution is 0.0692. The minimum Gasteiger partial charge on any atom is -0.477 e. The van der Waals surface area contributed by atoms with Crippen molar-refractivity contribution in [3.05, 3.63) is 68.1 Å². The second kappa shape index (κ2) is 5.80. The van der Waals surface area contributed by atoms with Gasteiger partial charge in [-0.2, -0.15) is 0 Å². The van der Waals surface area contributed by atoms with Gasteiger partial charge in [0.25, 0.3) is 0 Å². The van der Waals surface area contributed by atoms with E-state index in [2.05, 4.69) is 22.6 Å². The molecule has 0 fully saturated rings. The number of ether oxygens (including phenoxy) is 1. The second-order valence-corrected chi connectivity index (χ2v) is 5.75. The lowest BCUT2D eigenvalue weighted by Gasteiger charge is -2.06. The molecule has 0 atom stereocenters. The summed E-state index contributed by atoms with van der Waals surface area (Å²) in [4.78, 5) is 22.5. The van der Waals surface area contributed by atoms with Gasteiger partial charge in [-0.05, 0) is 65.1 Å². The Kier molecular flexibility index (Phi) is 3.84. The van der Waals surface area contributed by atoms with Crippen molar-refractivity contribution in [1.29, 1.82) is 0 Å². The molecule has 0 aliphatic heterocycles. The van der Waals surface area contributed by atoms with Crippen LogP contribution in [0.3, 0.4) is 0 Å². The van der Waals surface area contributed by atoms with E-state index in [4.69, 9.17) is 14.3 Å². The van der Waals surface area contributed by atoms with Crippen LogP contribution in [0.25, 0.3) is 11.0 Å². The molecule has 6 heteroatoms. The molecule has 0 saturated carbocycles. The van der Waals surface area contributed by atoms with Crippen molar-refractivity contribution in [2.45, 2.75) is 0 Å². The molecule has 0 saturated heterocycles. The van der Waals surface area contributed by atoms with Gasteiger partial charge in [0.05, 0.1) is 0 Å². The van der Waals surface area contributed by atoms with Crippen LogP contribution in [0, 0.1) is 3.57 Å². The number of carboxylic acid groups (broad SMARTS) is 1. The monoisotopic (exact) mass is 408 g/mol. The second-order valence-electron chi connectivity index (χ2n) is 4.51. The first-order chi connectivity index (χ1) is 10.5. The number of aromatic carboxylic acids is 1. The summed E-state index contributed by atoms with van der Waals surface area (Å²) in [5.41, 5.74) is -0.997. The summed E-state index contributed by atoms with van der Waals surface area (Å²) in [7, 11) is 0. The van der Waals surface area contributed by atoms with Crippen molar-refractivity contribution >= 4 is 39.5 Å². The van der Waals surface area contributed by atoms with Gasteiger partial charge in [-0.25, -0.2) is 9.59 Å². The summed E-state index contributed by atoms with van der Waals surface area (Å²) in [5.74, 6) is -0.154. The first-order valence-corrected chi connectivity index (χ1v) is 7.35.